The molecular formula is C7H8F3NO. The number of nitrogens with zero attached hydrogens (tertiary/aromatic N) is 1. The highest BCUT2D eigenvalue weighted by atomic mass is 19.4. The van der Waals surface area contributed by atoms with Gasteiger partial charge in [-0.3, -0.25) is 4.79 Å². The van der Waals surface area contributed by atoms with Crippen LogP contribution in [-0.4, -0.2) is 12.0 Å². The molecule has 0 amide bonds. The highest BCUT2D eigenvalue weighted by Gasteiger charge is 2.44. The number of ketones is 1. The van der Waals surface area contributed by atoms with Crippen LogP contribution in [0.1, 0.15) is 13.8 Å². The van der Waals surface area contributed by atoms with Crippen LogP contribution in [0, 0.1) is 23.2 Å². The summed E-state index contributed by atoms with van der Waals surface area (Å²) in [6, 6.07) is 1.34. The molecule has 2 nitrogen and oxygen atoms in total. The molecule has 0 aromatic heterocycles. The molecule has 5 heteroatoms. The number of carbonyl (C=O) groups is 1. The van der Waals surface area contributed by atoms with E-state index < -0.39 is 23.8 Å². The van der Waals surface area contributed by atoms with Crippen LogP contribution in [0.15, 0.2) is 0 Å². The third kappa shape index (κ3) is 2.53. The highest BCUT2D eigenvalue weighted by Crippen LogP contribution is 2.24. The van der Waals surface area contributed by atoms with Crippen LogP contribution in [0.2, 0.25) is 0 Å². The van der Waals surface area contributed by atoms with Gasteiger partial charge in [-0.15, -0.1) is 0 Å². The van der Waals surface area contributed by atoms with Gasteiger partial charge in [0.2, 0.25) is 0 Å². The Morgan fingerprint density at radius 3 is 1.92 bits per heavy atom. The van der Waals surface area contributed by atoms with E-state index in [1.165, 1.54) is 19.9 Å². The summed E-state index contributed by atoms with van der Waals surface area (Å²) < 4.78 is 35.2. The zero-order valence-electron chi connectivity index (χ0n) is 6.64. The van der Waals surface area contributed by atoms with E-state index in [9.17, 15) is 18.0 Å². The van der Waals surface area contributed by atoms with Gasteiger partial charge in [0.05, 0.1) is 6.07 Å². The second kappa shape index (κ2) is 3.57. The molecule has 0 N–H and O–H groups in total. The predicted molar refractivity (Wildman–Crippen MR) is 35.0 cm³/mol. The van der Waals surface area contributed by atoms with Gasteiger partial charge >= 0.3 is 6.18 Å². The standard InChI is InChI=1S/C7H8F3NO/c1-4(2)5(3-11)6(12)7(8,9)10/h4-5H,1-2H3. The molecule has 1 unspecified atom stereocenters. The Labute approximate surface area is 68.0 Å². The van der Waals surface area contributed by atoms with Crippen LogP contribution < -0.4 is 0 Å². The number of Topliss-reactive ketones (excluding diaryl/α,β-unsaturated/α-hetero) is 1. The summed E-state index contributed by atoms with van der Waals surface area (Å²) in [5.41, 5.74) is 0. The Balaban J connectivity index is 4.58. The zero-order valence-corrected chi connectivity index (χ0v) is 6.64. The second-order valence-corrected chi connectivity index (χ2v) is 2.71. The van der Waals surface area contributed by atoms with Gasteiger partial charge in [-0.05, 0) is 5.92 Å². The molecule has 0 aliphatic rings. The van der Waals surface area contributed by atoms with E-state index in [0.717, 1.165) is 0 Å². The van der Waals surface area contributed by atoms with E-state index in [1.807, 2.05) is 0 Å². The molecule has 0 radical (unpaired) electrons. The molecule has 0 aliphatic carbocycles. The molecule has 0 spiro atoms. The molecule has 68 valence electrons. The quantitative estimate of drug-likeness (QED) is 0.649. The molecular weight excluding hydrogens is 171 g/mol. The predicted octanol–water partition coefficient (Wildman–Crippen LogP) is 1.91. The van der Waals surface area contributed by atoms with Crippen molar-refractivity contribution in [3.63, 3.8) is 0 Å². The number of hydrogen-bond donors (Lipinski definition) is 0. The van der Waals surface area contributed by atoms with Gasteiger partial charge in [-0.1, -0.05) is 13.8 Å². The summed E-state index contributed by atoms with van der Waals surface area (Å²) in [6.45, 7) is 2.80. The van der Waals surface area contributed by atoms with Crippen LogP contribution in [-0.2, 0) is 4.79 Å². The van der Waals surface area contributed by atoms with Crippen molar-refractivity contribution < 1.29 is 18.0 Å². The summed E-state index contributed by atoms with van der Waals surface area (Å²) in [4.78, 5) is 10.5. The lowest BCUT2D eigenvalue weighted by atomic mass is 9.93. The number of halogens is 3. The Bertz CT molecular complexity index is 214. The van der Waals surface area contributed by atoms with Crippen molar-refractivity contribution in [3.8, 4) is 6.07 Å². The van der Waals surface area contributed by atoms with Crippen LogP contribution in [0.5, 0.6) is 0 Å². The van der Waals surface area contributed by atoms with Crippen molar-refractivity contribution in [2.75, 3.05) is 0 Å². The SMILES string of the molecule is CC(C)C(C#N)C(=O)C(F)(F)F. The van der Waals surface area contributed by atoms with Gasteiger partial charge in [0, 0.05) is 0 Å². The van der Waals surface area contributed by atoms with Gasteiger partial charge in [-0.2, -0.15) is 18.4 Å². The fraction of sp³-hybridized carbons (Fsp3) is 0.714. The average molecular weight is 179 g/mol. The van der Waals surface area contributed by atoms with E-state index in [0.29, 0.717) is 0 Å². The fourth-order valence-corrected chi connectivity index (χ4v) is 0.687. The number of hydrogen-bond acceptors (Lipinski definition) is 2. The zero-order chi connectivity index (χ0) is 9.94. The first-order valence-corrected chi connectivity index (χ1v) is 3.31. The summed E-state index contributed by atoms with van der Waals surface area (Å²) in [7, 11) is 0. The molecule has 0 aliphatic heterocycles. The first-order chi connectivity index (χ1) is 5.30. The van der Waals surface area contributed by atoms with Gasteiger partial charge < -0.3 is 0 Å². The van der Waals surface area contributed by atoms with Crippen LogP contribution in [0.25, 0.3) is 0 Å². The second-order valence-electron chi connectivity index (χ2n) is 2.71. The number of alkyl halides is 3. The van der Waals surface area contributed by atoms with Crippen molar-refractivity contribution in [2.45, 2.75) is 20.0 Å². The maximum absolute atomic E-state index is 11.7. The van der Waals surface area contributed by atoms with E-state index in [1.54, 1.807) is 0 Å². The van der Waals surface area contributed by atoms with Crippen molar-refractivity contribution in [1.82, 2.24) is 0 Å². The lowest BCUT2D eigenvalue weighted by Crippen LogP contribution is -2.32. The highest BCUT2D eigenvalue weighted by molar-refractivity contribution is 5.88. The maximum Gasteiger partial charge on any atom is 0.451 e. The fourth-order valence-electron chi connectivity index (χ4n) is 0.687. The summed E-state index contributed by atoms with van der Waals surface area (Å²) in [6.07, 6.45) is -4.90. The van der Waals surface area contributed by atoms with Crippen molar-refractivity contribution in [3.05, 3.63) is 0 Å². The van der Waals surface area contributed by atoms with Crippen LogP contribution in [0.3, 0.4) is 0 Å². The van der Waals surface area contributed by atoms with E-state index >= 15 is 0 Å². The minimum atomic E-state index is -4.90. The largest absolute Gasteiger partial charge is 0.451 e. The third-order valence-corrected chi connectivity index (χ3v) is 1.37. The first-order valence-electron chi connectivity index (χ1n) is 3.31. The molecule has 0 saturated heterocycles. The van der Waals surface area contributed by atoms with Crippen LogP contribution >= 0.6 is 0 Å². The van der Waals surface area contributed by atoms with E-state index in [4.69, 9.17) is 5.26 Å². The van der Waals surface area contributed by atoms with Crippen molar-refractivity contribution in [1.29, 1.82) is 5.26 Å². The monoisotopic (exact) mass is 179 g/mol. The minimum Gasteiger partial charge on any atom is -0.288 e. The molecule has 1 atom stereocenters. The molecule has 0 saturated carbocycles. The number of carbonyl (C=O) groups excluding carboxylic acids is 1. The molecule has 0 aromatic carbocycles. The minimum absolute atomic E-state index is 0.607. The average Bonchev–Trinajstić information content (AvgIpc) is 1.86. The van der Waals surface area contributed by atoms with E-state index in [-0.39, 0.29) is 0 Å². The Kier molecular flexibility index (Phi) is 3.25. The molecule has 0 bridgehead atoms. The Hall–Kier alpha value is -1.05. The summed E-state index contributed by atoms with van der Waals surface area (Å²) >= 11 is 0. The number of nitriles is 1. The lowest BCUT2D eigenvalue weighted by molar-refractivity contribution is -0.174. The molecule has 0 rings (SSSR count). The van der Waals surface area contributed by atoms with Gasteiger partial charge in [-0.25, -0.2) is 0 Å². The molecule has 0 heterocycles. The summed E-state index contributed by atoms with van der Waals surface area (Å²) in [5.74, 6) is -4.14. The normalized spacial score (nSPS) is 14.1. The van der Waals surface area contributed by atoms with Crippen molar-refractivity contribution >= 4 is 5.78 Å². The van der Waals surface area contributed by atoms with Gasteiger partial charge in [0.15, 0.2) is 0 Å². The smallest absolute Gasteiger partial charge is 0.288 e. The van der Waals surface area contributed by atoms with Gasteiger partial charge in [0.25, 0.3) is 5.78 Å². The Morgan fingerprint density at radius 1 is 1.42 bits per heavy atom. The molecule has 12 heavy (non-hydrogen) atoms. The molecule has 0 aromatic rings. The topological polar surface area (TPSA) is 40.9 Å². The maximum atomic E-state index is 11.7. The Morgan fingerprint density at radius 2 is 1.83 bits per heavy atom. The lowest BCUT2D eigenvalue weighted by Gasteiger charge is -2.12. The van der Waals surface area contributed by atoms with E-state index in [2.05, 4.69) is 0 Å². The first kappa shape index (κ1) is 11.0. The molecule has 0 fully saturated rings. The number of rotatable bonds is 2. The van der Waals surface area contributed by atoms with Crippen LogP contribution in [0.4, 0.5) is 13.2 Å². The summed E-state index contributed by atoms with van der Waals surface area (Å²) in [5, 5.41) is 8.26. The third-order valence-electron chi connectivity index (χ3n) is 1.37. The van der Waals surface area contributed by atoms with Crippen molar-refractivity contribution in [2.24, 2.45) is 11.8 Å². The van der Waals surface area contributed by atoms with Gasteiger partial charge in [0.1, 0.15) is 5.92 Å².